The molecule has 0 fully saturated rings. The van der Waals surface area contributed by atoms with Crippen molar-refractivity contribution in [3.63, 3.8) is 0 Å². The maximum Gasteiger partial charge on any atom is 0.417 e. The maximum absolute atomic E-state index is 14.3. The Hall–Kier alpha value is -2.39. The maximum atomic E-state index is 14.3. The van der Waals surface area contributed by atoms with Gasteiger partial charge in [-0.05, 0) is 25.1 Å². The van der Waals surface area contributed by atoms with Gasteiger partial charge < -0.3 is 0 Å². The van der Waals surface area contributed by atoms with Gasteiger partial charge in [-0.25, -0.2) is 9.18 Å². The van der Waals surface area contributed by atoms with Crippen LogP contribution in [0.2, 0.25) is 10.0 Å². The number of pyridine rings is 1. The number of aromatic amines is 1. The Balaban J connectivity index is 2.19. The molecule has 0 spiro atoms. The Morgan fingerprint density at radius 2 is 1.85 bits per heavy atom. The average molecular weight is 407 g/mol. The molecular formula is C15H8Cl2F4N4O. The van der Waals surface area contributed by atoms with Gasteiger partial charge >= 0.3 is 11.9 Å². The summed E-state index contributed by atoms with van der Waals surface area (Å²) in [5, 5.41) is 3.39. The molecule has 2 aromatic heterocycles. The van der Waals surface area contributed by atoms with Gasteiger partial charge in [-0.15, -0.1) is 0 Å². The molecule has 3 aromatic rings. The van der Waals surface area contributed by atoms with Crippen molar-refractivity contribution in [2.24, 2.45) is 0 Å². The molecular weight excluding hydrogens is 399 g/mol. The SMILES string of the molecule is Cc1nn(-c2cc(-c3ncc(C(F)(F)F)cc3Cl)c(F)cc2Cl)c(=O)[nH]1. The lowest BCUT2D eigenvalue weighted by molar-refractivity contribution is -0.137. The summed E-state index contributed by atoms with van der Waals surface area (Å²) in [6.07, 6.45) is -4.10. The molecule has 11 heteroatoms. The van der Waals surface area contributed by atoms with Crippen LogP contribution in [0.3, 0.4) is 0 Å². The average Bonchev–Trinajstić information content (AvgIpc) is 2.85. The van der Waals surface area contributed by atoms with E-state index in [2.05, 4.69) is 15.1 Å². The molecule has 136 valence electrons. The zero-order valence-electron chi connectivity index (χ0n) is 12.8. The van der Waals surface area contributed by atoms with Crippen molar-refractivity contribution < 1.29 is 17.6 Å². The molecule has 0 aliphatic rings. The van der Waals surface area contributed by atoms with E-state index in [1.807, 2.05) is 0 Å². The van der Waals surface area contributed by atoms with Crippen LogP contribution in [-0.4, -0.2) is 19.7 Å². The van der Waals surface area contributed by atoms with Crippen LogP contribution in [0.25, 0.3) is 16.9 Å². The summed E-state index contributed by atoms with van der Waals surface area (Å²) in [5.41, 5.74) is -2.12. The first-order valence-electron chi connectivity index (χ1n) is 6.96. The van der Waals surface area contributed by atoms with E-state index in [1.165, 1.54) is 6.92 Å². The predicted molar refractivity (Wildman–Crippen MR) is 87.1 cm³/mol. The lowest BCUT2D eigenvalue weighted by Gasteiger charge is -2.12. The molecule has 3 rings (SSSR count). The fourth-order valence-corrected chi connectivity index (χ4v) is 2.76. The van der Waals surface area contributed by atoms with Crippen molar-refractivity contribution in [1.29, 1.82) is 0 Å². The van der Waals surface area contributed by atoms with Crippen LogP contribution in [0.1, 0.15) is 11.4 Å². The number of nitrogens with one attached hydrogen (secondary N) is 1. The highest BCUT2D eigenvalue weighted by atomic mass is 35.5. The number of aromatic nitrogens is 4. The quantitative estimate of drug-likeness (QED) is 0.641. The largest absolute Gasteiger partial charge is 0.417 e. The number of aryl methyl sites for hydroxylation is 1. The summed E-state index contributed by atoms with van der Waals surface area (Å²) >= 11 is 11.8. The fourth-order valence-electron chi connectivity index (χ4n) is 2.26. The van der Waals surface area contributed by atoms with Crippen LogP contribution >= 0.6 is 23.2 Å². The molecule has 2 heterocycles. The first kappa shape index (κ1) is 18.4. The van der Waals surface area contributed by atoms with E-state index in [1.54, 1.807) is 0 Å². The van der Waals surface area contributed by atoms with Gasteiger partial charge in [0.25, 0.3) is 0 Å². The molecule has 1 aromatic carbocycles. The highest BCUT2D eigenvalue weighted by Gasteiger charge is 2.32. The molecule has 0 saturated heterocycles. The Morgan fingerprint density at radius 1 is 1.15 bits per heavy atom. The molecule has 26 heavy (non-hydrogen) atoms. The van der Waals surface area contributed by atoms with Crippen LogP contribution < -0.4 is 5.69 Å². The first-order valence-corrected chi connectivity index (χ1v) is 7.72. The smallest absolute Gasteiger partial charge is 0.293 e. The molecule has 0 aliphatic carbocycles. The van der Waals surface area contributed by atoms with Crippen molar-refractivity contribution in [2.45, 2.75) is 13.1 Å². The highest BCUT2D eigenvalue weighted by Crippen LogP contribution is 2.36. The minimum Gasteiger partial charge on any atom is -0.293 e. The summed E-state index contributed by atoms with van der Waals surface area (Å²) in [6, 6.07) is 2.68. The van der Waals surface area contributed by atoms with E-state index < -0.39 is 28.3 Å². The Morgan fingerprint density at radius 3 is 2.38 bits per heavy atom. The summed E-state index contributed by atoms with van der Waals surface area (Å²) in [7, 11) is 0. The predicted octanol–water partition coefficient (Wildman–Crippen LogP) is 4.40. The van der Waals surface area contributed by atoms with E-state index in [0.29, 0.717) is 18.1 Å². The third-order valence-electron chi connectivity index (χ3n) is 3.42. The topological polar surface area (TPSA) is 63.6 Å². The van der Waals surface area contributed by atoms with Crippen molar-refractivity contribution in [2.75, 3.05) is 0 Å². The normalized spacial score (nSPS) is 11.8. The van der Waals surface area contributed by atoms with E-state index in [-0.39, 0.29) is 22.0 Å². The number of rotatable bonds is 2. The molecule has 0 unspecified atom stereocenters. The van der Waals surface area contributed by atoms with Crippen molar-refractivity contribution in [3.05, 3.63) is 62.1 Å². The van der Waals surface area contributed by atoms with Gasteiger partial charge in [-0.1, -0.05) is 23.2 Å². The lowest BCUT2D eigenvalue weighted by Crippen LogP contribution is -2.16. The van der Waals surface area contributed by atoms with E-state index in [9.17, 15) is 22.4 Å². The van der Waals surface area contributed by atoms with Crippen LogP contribution in [0.15, 0.2) is 29.2 Å². The van der Waals surface area contributed by atoms with Gasteiger partial charge in [-0.2, -0.15) is 23.0 Å². The molecule has 0 radical (unpaired) electrons. The monoisotopic (exact) mass is 406 g/mol. The second kappa shape index (κ2) is 6.40. The fraction of sp³-hybridized carbons (Fsp3) is 0.133. The molecule has 0 aliphatic heterocycles. The highest BCUT2D eigenvalue weighted by molar-refractivity contribution is 6.33. The van der Waals surface area contributed by atoms with E-state index >= 15 is 0 Å². The number of H-pyrrole nitrogens is 1. The third kappa shape index (κ3) is 3.32. The number of nitrogens with zero attached hydrogens (tertiary/aromatic N) is 3. The number of benzene rings is 1. The van der Waals surface area contributed by atoms with Crippen LogP contribution in [0.4, 0.5) is 17.6 Å². The van der Waals surface area contributed by atoms with Crippen LogP contribution in [0, 0.1) is 12.7 Å². The Kier molecular flexibility index (Phi) is 4.53. The van der Waals surface area contributed by atoms with Crippen molar-refractivity contribution in [1.82, 2.24) is 19.7 Å². The third-order valence-corrected chi connectivity index (χ3v) is 4.01. The number of hydrogen-bond acceptors (Lipinski definition) is 3. The zero-order valence-corrected chi connectivity index (χ0v) is 14.3. The Labute approximate surface area is 153 Å². The minimum absolute atomic E-state index is 0.0233. The number of hydrogen-bond donors (Lipinski definition) is 1. The summed E-state index contributed by atoms with van der Waals surface area (Å²) in [4.78, 5) is 17.9. The lowest BCUT2D eigenvalue weighted by atomic mass is 10.1. The second-order valence-corrected chi connectivity index (χ2v) is 6.08. The van der Waals surface area contributed by atoms with Gasteiger partial charge in [0.1, 0.15) is 11.6 Å². The van der Waals surface area contributed by atoms with Gasteiger partial charge in [0.05, 0.1) is 27.0 Å². The minimum atomic E-state index is -4.64. The summed E-state index contributed by atoms with van der Waals surface area (Å²) in [6.45, 7) is 1.53. The number of halogens is 6. The van der Waals surface area contributed by atoms with E-state index in [4.69, 9.17) is 23.2 Å². The first-order chi connectivity index (χ1) is 12.1. The van der Waals surface area contributed by atoms with Crippen LogP contribution in [0.5, 0.6) is 0 Å². The second-order valence-electron chi connectivity index (χ2n) is 5.26. The standard InChI is InChI=1S/C15H8Cl2F4N4O/c1-6-23-14(26)25(24-6)12-3-8(11(18)4-9(12)16)13-10(17)2-7(5-22-13)15(19,20)21/h2-5H,1H3,(H,23,24,26). The molecule has 0 bridgehead atoms. The number of alkyl halides is 3. The molecule has 1 N–H and O–H groups in total. The summed E-state index contributed by atoms with van der Waals surface area (Å²) in [5.74, 6) is -0.573. The Bertz CT molecular complexity index is 1060. The van der Waals surface area contributed by atoms with Gasteiger partial charge in [-0.3, -0.25) is 9.97 Å². The van der Waals surface area contributed by atoms with Gasteiger partial charge in [0.2, 0.25) is 0 Å². The molecule has 0 saturated carbocycles. The zero-order chi connectivity index (χ0) is 19.2. The van der Waals surface area contributed by atoms with Gasteiger partial charge in [0, 0.05) is 11.8 Å². The molecule has 5 nitrogen and oxygen atoms in total. The van der Waals surface area contributed by atoms with Crippen molar-refractivity contribution >= 4 is 23.2 Å². The molecule has 0 amide bonds. The molecule has 0 atom stereocenters. The summed E-state index contributed by atoms with van der Waals surface area (Å²) < 4.78 is 53.4. The van der Waals surface area contributed by atoms with E-state index in [0.717, 1.165) is 16.8 Å². The van der Waals surface area contributed by atoms with Gasteiger partial charge in [0.15, 0.2) is 0 Å². The van der Waals surface area contributed by atoms with Crippen molar-refractivity contribution in [3.8, 4) is 16.9 Å². The van der Waals surface area contributed by atoms with Crippen LogP contribution in [-0.2, 0) is 6.18 Å².